The molecule has 1 atom stereocenters. The van der Waals surface area contributed by atoms with Crippen LogP contribution in [0.2, 0.25) is 0 Å². The standard InChI is InChI=1S/C13H22N2O4/c16-12(17)5-9-19-10-3-7-15(8-4-10)13(18)11-2-1-6-14-11/h10-11,14H,1-9H2,(H,16,17)/t11-/m0/s1. The van der Waals surface area contributed by atoms with Crippen LogP contribution in [0.15, 0.2) is 0 Å². The smallest absolute Gasteiger partial charge is 0.305 e. The fraction of sp³-hybridized carbons (Fsp3) is 0.846. The van der Waals surface area contributed by atoms with Crippen molar-refractivity contribution in [1.82, 2.24) is 10.2 Å². The van der Waals surface area contributed by atoms with Gasteiger partial charge in [0.05, 0.1) is 25.2 Å². The van der Waals surface area contributed by atoms with Crippen LogP contribution in [0.4, 0.5) is 0 Å². The van der Waals surface area contributed by atoms with E-state index in [-0.39, 0.29) is 31.1 Å². The molecule has 0 aromatic carbocycles. The van der Waals surface area contributed by atoms with E-state index < -0.39 is 5.97 Å². The molecule has 2 fully saturated rings. The molecule has 1 amide bonds. The van der Waals surface area contributed by atoms with Crippen LogP contribution in [-0.2, 0) is 14.3 Å². The summed E-state index contributed by atoms with van der Waals surface area (Å²) < 4.78 is 5.51. The molecule has 2 aliphatic heterocycles. The number of nitrogens with zero attached hydrogens (tertiary/aromatic N) is 1. The number of piperidine rings is 1. The highest BCUT2D eigenvalue weighted by Gasteiger charge is 2.29. The number of carboxylic acids is 1. The SMILES string of the molecule is O=C(O)CCOC1CCN(C(=O)[C@@H]2CCCN2)CC1. The van der Waals surface area contributed by atoms with Gasteiger partial charge < -0.3 is 20.1 Å². The lowest BCUT2D eigenvalue weighted by atomic mass is 10.1. The number of ether oxygens (including phenoxy) is 1. The Labute approximate surface area is 113 Å². The molecule has 2 saturated heterocycles. The number of amides is 1. The van der Waals surface area contributed by atoms with Crippen LogP contribution >= 0.6 is 0 Å². The highest BCUT2D eigenvalue weighted by molar-refractivity contribution is 5.82. The van der Waals surface area contributed by atoms with Gasteiger partial charge in [0.25, 0.3) is 0 Å². The molecule has 6 heteroatoms. The lowest BCUT2D eigenvalue weighted by molar-refractivity contribution is -0.139. The summed E-state index contributed by atoms with van der Waals surface area (Å²) in [6.45, 7) is 2.63. The second-order valence-corrected chi connectivity index (χ2v) is 5.19. The van der Waals surface area contributed by atoms with E-state index in [9.17, 15) is 9.59 Å². The van der Waals surface area contributed by atoms with E-state index in [1.807, 2.05) is 4.90 Å². The van der Waals surface area contributed by atoms with Gasteiger partial charge in [-0.15, -0.1) is 0 Å². The zero-order chi connectivity index (χ0) is 13.7. The number of likely N-dealkylation sites (tertiary alicyclic amines) is 1. The summed E-state index contributed by atoms with van der Waals surface area (Å²) in [6.07, 6.45) is 3.76. The van der Waals surface area contributed by atoms with Gasteiger partial charge in [0.15, 0.2) is 0 Å². The normalized spacial score (nSPS) is 24.6. The van der Waals surface area contributed by atoms with Crippen LogP contribution in [0.5, 0.6) is 0 Å². The Balaban J connectivity index is 1.67. The van der Waals surface area contributed by atoms with E-state index in [4.69, 9.17) is 9.84 Å². The number of carbonyl (C=O) groups excluding carboxylic acids is 1. The maximum Gasteiger partial charge on any atom is 0.305 e. The van der Waals surface area contributed by atoms with E-state index in [1.54, 1.807) is 0 Å². The van der Waals surface area contributed by atoms with Crippen molar-refractivity contribution in [2.75, 3.05) is 26.2 Å². The molecule has 2 heterocycles. The maximum atomic E-state index is 12.2. The predicted molar refractivity (Wildman–Crippen MR) is 68.8 cm³/mol. The molecule has 0 aromatic rings. The third kappa shape index (κ3) is 4.18. The fourth-order valence-electron chi connectivity index (χ4n) is 2.67. The number of nitrogens with one attached hydrogen (secondary N) is 1. The van der Waals surface area contributed by atoms with E-state index in [0.717, 1.165) is 45.3 Å². The fourth-order valence-corrected chi connectivity index (χ4v) is 2.67. The minimum Gasteiger partial charge on any atom is -0.481 e. The van der Waals surface area contributed by atoms with Crippen molar-refractivity contribution >= 4 is 11.9 Å². The monoisotopic (exact) mass is 270 g/mol. The third-order valence-electron chi connectivity index (χ3n) is 3.78. The van der Waals surface area contributed by atoms with E-state index in [1.165, 1.54) is 0 Å². The molecule has 19 heavy (non-hydrogen) atoms. The molecular weight excluding hydrogens is 248 g/mol. The molecule has 0 saturated carbocycles. The summed E-state index contributed by atoms with van der Waals surface area (Å²) in [5.41, 5.74) is 0. The minimum atomic E-state index is -0.833. The molecule has 0 aromatic heterocycles. The number of carboxylic acid groups (broad SMARTS) is 1. The Morgan fingerprint density at radius 1 is 1.26 bits per heavy atom. The Hall–Kier alpha value is -1.14. The molecule has 108 valence electrons. The van der Waals surface area contributed by atoms with Crippen molar-refractivity contribution in [3.8, 4) is 0 Å². The first kappa shape index (κ1) is 14.3. The molecule has 0 radical (unpaired) electrons. The first-order valence-electron chi connectivity index (χ1n) is 7.02. The Kier molecular flexibility index (Phi) is 5.15. The number of aliphatic carboxylic acids is 1. The van der Waals surface area contributed by atoms with Crippen LogP contribution in [-0.4, -0.2) is 60.3 Å². The number of hydrogen-bond donors (Lipinski definition) is 2. The van der Waals surface area contributed by atoms with Gasteiger partial charge in [-0.2, -0.15) is 0 Å². The highest BCUT2D eigenvalue weighted by Crippen LogP contribution is 2.17. The van der Waals surface area contributed by atoms with Crippen LogP contribution in [0, 0.1) is 0 Å². The molecule has 0 bridgehead atoms. The number of hydrogen-bond acceptors (Lipinski definition) is 4. The summed E-state index contributed by atoms with van der Waals surface area (Å²) in [4.78, 5) is 24.4. The quantitative estimate of drug-likeness (QED) is 0.747. The largest absolute Gasteiger partial charge is 0.481 e. The van der Waals surface area contributed by atoms with Gasteiger partial charge >= 0.3 is 5.97 Å². The van der Waals surface area contributed by atoms with E-state index >= 15 is 0 Å². The first-order valence-corrected chi connectivity index (χ1v) is 7.02. The van der Waals surface area contributed by atoms with Gasteiger partial charge in [0.2, 0.25) is 5.91 Å². The van der Waals surface area contributed by atoms with Crippen LogP contribution in [0.25, 0.3) is 0 Å². The summed E-state index contributed by atoms with van der Waals surface area (Å²) in [5, 5.41) is 11.8. The van der Waals surface area contributed by atoms with E-state index in [2.05, 4.69) is 5.32 Å². The van der Waals surface area contributed by atoms with Crippen molar-refractivity contribution in [3.63, 3.8) is 0 Å². The highest BCUT2D eigenvalue weighted by atomic mass is 16.5. The van der Waals surface area contributed by atoms with Crippen molar-refractivity contribution < 1.29 is 19.4 Å². The molecular formula is C13H22N2O4. The van der Waals surface area contributed by atoms with Gasteiger partial charge in [-0.25, -0.2) is 0 Å². The summed E-state index contributed by atoms with van der Waals surface area (Å²) in [5.74, 6) is -0.624. The molecule has 0 aliphatic carbocycles. The van der Waals surface area contributed by atoms with Crippen molar-refractivity contribution in [2.24, 2.45) is 0 Å². The van der Waals surface area contributed by atoms with Crippen molar-refractivity contribution in [2.45, 2.75) is 44.2 Å². The molecule has 2 aliphatic rings. The van der Waals surface area contributed by atoms with Crippen molar-refractivity contribution in [3.05, 3.63) is 0 Å². The van der Waals surface area contributed by atoms with Gasteiger partial charge in [-0.05, 0) is 32.2 Å². The van der Waals surface area contributed by atoms with Gasteiger partial charge in [-0.1, -0.05) is 0 Å². The Bertz CT molecular complexity index is 321. The Morgan fingerprint density at radius 3 is 2.58 bits per heavy atom. The van der Waals surface area contributed by atoms with Crippen molar-refractivity contribution in [1.29, 1.82) is 0 Å². The third-order valence-corrected chi connectivity index (χ3v) is 3.78. The maximum absolute atomic E-state index is 12.2. The van der Waals surface area contributed by atoms with Gasteiger partial charge in [-0.3, -0.25) is 9.59 Å². The molecule has 0 unspecified atom stereocenters. The van der Waals surface area contributed by atoms with Crippen LogP contribution in [0.3, 0.4) is 0 Å². The van der Waals surface area contributed by atoms with E-state index in [0.29, 0.717) is 0 Å². The zero-order valence-corrected chi connectivity index (χ0v) is 11.1. The second kappa shape index (κ2) is 6.86. The number of rotatable bonds is 5. The summed E-state index contributed by atoms with van der Waals surface area (Å²) in [6, 6.07) is 0.00415. The molecule has 2 N–H and O–H groups in total. The first-order chi connectivity index (χ1) is 9.16. The second-order valence-electron chi connectivity index (χ2n) is 5.19. The summed E-state index contributed by atoms with van der Waals surface area (Å²) >= 11 is 0. The van der Waals surface area contributed by atoms with Crippen LogP contribution < -0.4 is 5.32 Å². The lowest BCUT2D eigenvalue weighted by Crippen LogP contribution is -2.48. The average Bonchev–Trinajstić information content (AvgIpc) is 2.92. The lowest BCUT2D eigenvalue weighted by Gasteiger charge is -2.33. The topological polar surface area (TPSA) is 78.9 Å². The zero-order valence-electron chi connectivity index (χ0n) is 11.1. The van der Waals surface area contributed by atoms with Crippen LogP contribution in [0.1, 0.15) is 32.1 Å². The Morgan fingerprint density at radius 2 is 2.00 bits per heavy atom. The number of carbonyl (C=O) groups is 2. The predicted octanol–water partition coefficient (Wildman–Crippen LogP) is 0.221. The molecule has 0 spiro atoms. The van der Waals surface area contributed by atoms with Gasteiger partial charge in [0.1, 0.15) is 0 Å². The molecule has 6 nitrogen and oxygen atoms in total. The minimum absolute atomic E-state index is 0.00415. The van der Waals surface area contributed by atoms with Gasteiger partial charge in [0, 0.05) is 13.1 Å². The average molecular weight is 270 g/mol. The molecule has 2 rings (SSSR count). The summed E-state index contributed by atoms with van der Waals surface area (Å²) in [7, 11) is 0.